The standard InChI is InChI=1S/C9H18O/c1-3-9(2,7-10)8-5-4-6-8/h8,10H,3-7H2,1-2H3. The molecule has 0 bridgehead atoms. The Labute approximate surface area is 63.4 Å². The summed E-state index contributed by atoms with van der Waals surface area (Å²) in [6.45, 7) is 4.75. The number of hydrogen-bond donors (Lipinski definition) is 1. The van der Waals surface area contributed by atoms with Gasteiger partial charge in [0, 0.05) is 6.61 Å². The zero-order valence-electron chi connectivity index (χ0n) is 7.06. The van der Waals surface area contributed by atoms with Crippen LogP contribution in [0.1, 0.15) is 39.5 Å². The molecule has 0 heterocycles. The molecular formula is C9H18O. The molecule has 1 N–H and O–H groups in total. The fourth-order valence-electron chi connectivity index (χ4n) is 1.63. The number of rotatable bonds is 3. The molecule has 1 nitrogen and oxygen atoms in total. The van der Waals surface area contributed by atoms with Crippen LogP contribution >= 0.6 is 0 Å². The largest absolute Gasteiger partial charge is 0.396 e. The lowest BCUT2D eigenvalue weighted by Crippen LogP contribution is -2.34. The Bertz CT molecular complexity index is 101. The first kappa shape index (κ1) is 8.06. The van der Waals surface area contributed by atoms with E-state index in [1.54, 1.807) is 0 Å². The summed E-state index contributed by atoms with van der Waals surface area (Å²) in [6, 6.07) is 0. The Morgan fingerprint density at radius 3 is 2.20 bits per heavy atom. The smallest absolute Gasteiger partial charge is 0.0487 e. The van der Waals surface area contributed by atoms with Crippen molar-refractivity contribution in [3.8, 4) is 0 Å². The van der Waals surface area contributed by atoms with E-state index in [0.717, 1.165) is 12.3 Å². The number of hydrogen-bond acceptors (Lipinski definition) is 1. The molecule has 0 aromatic carbocycles. The third-order valence-corrected chi connectivity index (χ3v) is 3.26. The van der Waals surface area contributed by atoms with Crippen LogP contribution in [0.15, 0.2) is 0 Å². The first-order valence-electron chi connectivity index (χ1n) is 4.34. The van der Waals surface area contributed by atoms with Gasteiger partial charge in [-0.25, -0.2) is 0 Å². The second kappa shape index (κ2) is 2.91. The Hall–Kier alpha value is -0.0400. The molecule has 10 heavy (non-hydrogen) atoms. The molecule has 1 atom stereocenters. The van der Waals surface area contributed by atoms with E-state index in [1.807, 2.05) is 0 Å². The van der Waals surface area contributed by atoms with Crippen LogP contribution in [0.25, 0.3) is 0 Å². The molecular weight excluding hydrogens is 124 g/mol. The van der Waals surface area contributed by atoms with Crippen molar-refractivity contribution in [1.82, 2.24) is 0 Å². The van der Waals surface area contributed by atoms with Crippen molar-refractivity contribution in [2.45, 2.75) is 39.5 Å². The van der Waals surface area contributed by atoms with Crippen LogP contribution < -0.4 is 0 Å². The quantitative estimate of drug-likeness (QED) is 0.640. The maximum Gasteiger partial charge on any atom is 0.0487 e. The summed E-state index contributed by atoms with van der Waals surface area (Å²) in [5.41, 5.74) is 0.234. The van der Waals surface area contributed by atoms with Gasteiger partial charge in [0.05, 0.1) is 0 Å². The van der Waals surface area contributed by atoms with Crippen LogP contribution in [-0.4, -0.2) is 11.7 Å². The third kappa shape index (κ3) is 1.20. The minimum absolute atomic E-state index is 0.234. The van der Waals surface area contributed by atoms with E-state index in [4.69, 9.17) is 5.11 Å². The van der Waals surface area contributed by atoms with Crippen molar-refractivity contribution < 1.29 is 5.11 Å². The molecule has 60 valence electrons. The van der Waals surface area contributed by atoms with Gasteiger partial charge in [-0.3, -0.25) is 0 Å². The Kier molecular flexibility index (Phi) is 2.35. The maximum atomic E-state index is 9.12. The van der Waals surface area contributed by atoms with Gasteiger partial charge in [-0.1, -0.05) is 20.3 Å². The van der Waals surface area contributed by atoms with Crippen LogP contribution in [0, 0.1) is 11.3 Å². The van der Waals surface area contributed by atoms with E-state index in [2.05, 4.69) is 13.8 Å². The number of aliphatic hydroxyl groups is 1. The van der Waals surface area contributed by atoms with Gasteiger partial charge < -0.3 is 5.11 Å². The average molecular weight is 142 g/mol. The lowest BCUT2D eigenvalue weighted by molar-refractivity contribution is 0.0310. The van der Waals surface area contributed by atoms with Crippen molar-refractivity contribution in [3.05, 3.63) is 0 Å². The lowest BCUT2D eigenvalue weighted by atomic mass is 9.65. The Morgan fingerprint density at radius 1 is 1.50 bits per heavy atom. The van der Waals surface area contributed by atoms with Gasteiger partial charge in [-0.05, 0) is 30.6 Å². The van der Waals surface area contributed by atoms with Crippen molar-refractivity contribution >= 4 is 0 Å². The first-order valence-corrected chi connectivity index (χ1v) is 4.34. The van der Waals surface area contributed by atoms with Gasteiger partial charge in [-0.2, -0.15) is 0 Å². The summed E-state index contributed by atoms with van der Waals surface area (Å²) in [5.74, 6) is 0.808. The molecule has 0 saturated heterocycles. The zero-order valence-corrected chi connectivity index (χ0v) is 7.06. The minimum Gasteiger partial charge on any atom is -0.396 e. The molecule has 1 unspecified atom stereocenters. The van der Waals surface area contributed by atoms with Crippen LogP contribution in [0.4, 0.5) is 0 Å². The Morgan fingerprint density at radius 2 is 2.10 bits per heavy atom. The van der Waals surface area contributed by atoms with Gasteiger partial charge in [-0.15, -0.1) is 0 Å². The molecule has 1 saturated carbocycles. The predicted molar refractivity (Wildman–Crippen MR) is 42.8 cm³/mol. The normalized spacial score (nSPS) is 25.5. The van der Waals surface area contributed by atoms with E-state index < -0.39 is 0 Å². The topological polar surface area (TPSA) is 20.2 Å². The second-order valence-electron chi connectivity index (χ2n) is 3.79. The van der Waals surface area contributed by atoms with Crippen LogP contribution in [-0.2, 0) is 0 Å². The van der Waals surface area contributed by atoms with Crippen molar-refractivity contribution in [2.24, 2.45) is 11.3 Å². The first-order chi connectivity index (χ1) is 4.73. The molecule has 1 rings (SSSR count). The van der Waals surface area contributed by atoms with Gasteiger partial charge in [0.2, 0.25) is 0 Å². The SMILES string of the molecule is CCC(C)(CO)C1CCC1. The molecule has 0 aromatic heterocycles. The monoisotopic (exact) mass is 142 g/mol. The van der Waals surface area contributed by atoms with E-state index in [-0.39, 0.29) is 5.41 Å². The van der Waals surface area contributed by atoms with E-state index in [0.29, 0.717) is 6.61 Å². The zero-order chi connectivity index (χ0) is 7.61. The van der Waals surface area contributed by atoms with Crippen LogP contribution in [0.5, 0.6) is 0 Å². The molecule has 0 radical (unpaired) electrons. The van der Waals surface area contributed by atoms with E-state index in [1.165, 1.54) is 19.3 Å². The second-order valence-corrected chi connectivity index (χ2v) is 3.79. The minimum atomic E-state index is 0.234. The summed E-state index contributed by atoms with van der Waals surface area (Å²) in [6.07, 6.45) is 5.17. The molecule has 0 amide bonds. The van der Waals surface area contributed by atoms with Gasteiger partial charge in [0.15, 0.2) is 0 Å². The van der Waals surface area contributed by atoms with Gasteiger partial charge in [0.1, 0.15) is 0 Å². The number of aliphatic hydroxyl groups excluding tert-OH is 1. The van der Waals surface area contributed by atoms with Crippen molar-refractivity contribution in [2.75, 3.05) is 6.61 Å². The highest BCUT2D eigenvalue weighted by Gasteiger charge is 2.35. The lowest BCUT2D eigenvalue weighted by Gasteiger charge is -2.41. The molecule has 1 aliphatic rings. The summed E-state index contributed by atoms with van der Waals surface area (Å²) < 4.78 is 0. The van der Waals surface area contributed by atoms with Crippen LogP contribution in [0.2, 0.25) is 0 Å². The highest BCUT2D eigenvalue weighted by atomic mass is 16.3. The molecule has 0 spiro atoms. The van der Waals surface area contributed by atoms with Crippen molar-refractivity contribution in [3.63, 3.8) is 0 Å². The molecule has 0 aliphatic heterocycles. The molecule has 1 fully saturated rings. The van der Waals surface area contributed by atoms with E-state index in [9.17, 15) is 0 Å². The highest BCUT2D eigenvalue weighted by molar-refractivity contribution is 4.85. The van der Waals surface area contributed by atoms with Crippen LogP contribution in [0.3, 0.4) is 0 Å². The molecule has 1 aliphatic carbocycles. The van der Waals surface area contributed by atoms with E-state index >= 15 is 0 Å². The summed E-state index contributed by atoms with van der Waals surface area (Å²) in [5, 5.41) is 9.12. The molecule has 0 aromatic rings. The third-order valence-electron chi connectivity index (χ3n) is 3.26. The predicted octanol–water partition coefficient (Wildman–Crippen LogP) is 2.20. The summed E-state index contributed by atoms with van der Waals surface area (Å²) >= 11 is 0. The van der Waals surface area contributed by atoms with Crippen molar-refractivity contribution in [1.29, 1.82) is 0 Å². The maximum absolute atomic E-state index is 9.12. The fourth-order valence-corrected chi connectivity index (χ4v) is 1.63. The van der Waals surface area contributed by atoms with Gasteiger partial charge >= 0.3 is 0 Å². The average Bonchev–Trinajstić information content (AvgIpc) is 1.84. The fraction of sp³-hybridized carbons (Fsp3) is 1.00. The van der Waals surface area contributed by atoms with Gasteiger partial charge in [0.25, 0.3) is 0 Å². The molecule has 1 heteroatoms. The highest BCUT2D eigenvalue weighted by Crippen LogP contribution is 2.43. The summed E-state index contributed by atoms with van der Waals surface area (Å²) in [7, 11) is 0. The summed E-state index contributed by atoms with van der Waals surface area (Å²) in [4.78, 5) is 0. The Balaban J connectivity index is 2.44.